The van der Waals surface area contributed by atoms with Crippen LogP contribution in [-0.4, -0.2) is 37.0 Å². The molecule has 3 rings (SSSR count). The molecule has 3 N–H and O–H groups in total. The van der Waals surface area contributed by atoms with Crippen molar-refractivity contribution in [3.63, 3.8) is 0 Å². The Morgan fingerprint density at radius 2 is 1.96 bits per heavy atom. The molecule has 1 atom stereocenters. The van der Waals surface area contributed by atoms with Gasteiger partial charge in [-0.15, -0.1) is 0 Å². The van der Waals surface area contributed by atoms with Crippen LogP contribution in [0.3, 0.4) is 0 Å². The molecule has 0 aliphatic carbocycles. The lowest BCUT2D eigenvalue weighted by molar-refractivity contribution is -0.114. The number of sulfone groups is 1. The summed E-state index contributed by atoms with van der Waals surface area (Å²) in [6.07, 6.45) is 1.38. The molecule has 2 amide bonds. The number of benzene rings is 1. The van der Waals surface area contributed by atoms with Crippen LogP contribution in [0.1, 0.15) is 42.6 Å². The second-order valence-electron chi connectivity index (χ2n) is 7.08. The number of amides is 2. The molecule has 148 valence electrons. The molecule has 0 saturated heterocycles. The van der Waals surface area contributed by atoms with E-state index in [4.69, 9.17) is 0 Å². The van der Waals surface area contributed by atoms with Crippen LogP contribution in [0.2, 0.25) is 0 Å². The van der Waals surface area contributed by atoms with Crippen molar-refractivity contribution in [3.8, 4) is 0 Å². The molecule has 8 nitrogen and oxygen atoms in total. The lowest BCUT2D eigenvalue weighted by atomic mass is 9.98. The lowest BCUT2D eigenvalue weighted by Gasteiger charge is -2.16. The average molecular weight is 403 g/mol. The monoisotopic (exact) mass is 403 g/mol. The average Bonchev–Trinajstić information content (AvgIpc) is 2.92. The number of fused-ring (bicyclic) bond motifs is 1. The number of hydrogen-bond acceptors (Lipinski definition) is 5. The van der Waals surface area contributed by atoms with E-state index >= 15 is 0 Å². The minimum atomic E-state index is -3.32. The summed E-state index contributed by atoms with van der Waals surface area (Å²) >= 11 is 0. The number of pyridine rings is 1. The van der Waals surface area contributed by atoms with E-state index in [9.17, 15) is 22.8 Å². The van der Waals surface area contributed by atoms with Gasteiger partial charge in [0.25, 0.3) is 11.5 Å². The summed E-state index contributed by atoms with van der Waals surface area (Å²) in [5.74, 6) is -1.06. The van der Waals surface area contributed by atoms with Crippen LogP contribution in [-0.2, 0) is 14.6 Å². The number of hydrogen-bond donors (Lipinski definition) is 3. The Kier molecular flexibility index (Phi) is 5.12. The fourth-order valence-corrected chi connectivity index (χ4v) is 4.40. The smallest absolute Gasteiger partial charge is 0.261 e. The largest absolute Gasteiger partial charge is 0.345 e. The zero-order chi connectivity index (χ0) is 20.6. The quantitative estimate of drug-likeness (QED) is 0.716. The fourth-order valence-electron chi connectivity index (χ4n) is 3.16. The van der Waals surface area contributed by atoms with Gasteiger partial charge in [-0.3, -0.25) is 14.4 Å². The Morgan fingerprint density at radius 3 is 2.54 bits per heavy atom. The van der Waals surface area contributed by atoms with Crippen molar-refractivity contribution in [2.75, 3.05) is 11.1 Å². The van der Waals surface area contributed by atoms with Gasteiger partial charge in [0.2, 0.25) is 5.91 Å². The molecule has 2 aromatic rings. The number of carbonyl (C=O) groups excluding carboxylic acids is 2. The minimum absolute atomic E-state index is 0.105. The van der Waals surface area contributed by atoms with E-state index in [0.29, 0.717) is 16.6 Å². The molecule has 2 heterocycles. The first kappa shape index (κ1) is 19.8. The number of H-pyrrole nitrogens is 1. The fraction of sp³-hybridized carbons (Fsp3) is 0.316. The lowest BCUT2D eigenvalue weighted by Crippen LogP contribution is -2.38. The molecule has 0 fully saturated rings. The van der Waals surface area contributed by atoms with Gasteiger partial charge in [-0.05, 0) is 23.6 Å². The molecule has 1 aliphatic heterocycles. The predicted octanol–water partition coefficient (Wildman–Crippen LogP) is 1.65. The van der Waals surface area contributed by atoms with Crippen molar-refractivity contribution >= 4 is 38.2 Å². The topological polar surface area (TPSA) is 125 Å². The van der Waals surface area contributed by atoms with Crippen LogP contribution in [0.15, 0.2) is 34.5 Å². The Bertz CT molecular complexity index is 1160. The van der Waals surface area contributed by atoms with Gasteiger partial charge in [0, 0.05) is 17.7 Å². The van der Waals surface area contributed by atoms with E-state index in [1.165, 1.54) is 19.1 Å². The summed E-state index contributed by atoms with van der Waals surface area (Å²) in [6, 6.07) is 4.37. The second-order valence-corrected chi connectivity index (χ2v) is 9.01. The third-order valence-electron chi connectivity index (χ3n) is 4.47. The number of aromatic nitrogens is 1. The third-order valence-corrected chi connectivity index (χ3v) is 5.86. The Hall–Kier alpha value is -2.94. The first-order valence-electron chi connectivity index (χ1n) is 8.77. The van der Waals surface area contributed by atoms with Crippen LogP contribution in [0.4, 0.5) is 5.69 Å². The first-order chi connectivity index (χ1) is 13.1. The summed E-state index contributed by atoms with van der Waals surface area (Å²) < 4.78 is 22.9. The van der Waals surface area contributed by atoms with Crippen LogP contribution in [0, 0.1) is 0 Å². The van der Waals surface area contributed by atoms with E-state index in [0.717, 1.165) is 11.0 Å². The van der Waals surface area contributed by atoms with Crippen molar-refractivity contribution in [1.29, 1.82) is 0 Å². The van der Waals surface area contributed by atoms with Crippen molar-refractivity contribution in [3.05, 3.63) is 51.2 Å². The molecule has 0 radical (unpaired) electrons. The van der Waals surface area contributed by atoms with Crippen molar-refractivity contribution < 1.29 is 18.0 Å². The number of aromatic amines is 1. The van der Waals surface area contributed by atoms with Crippen LogP contribution >= 0.6 is 0 Å². The molecule has 0 unspecified atom stereocenters. The number of rotatable bonds is 4. The highest BCUT2D eigenvalue weighted by molar-refractivity contribution is 7.94. The highest BCUT2D eigenvalue weighted by Crippen LogP contribution is 2.31. The number of anilines is 1. The van der Waals surface area contributed by atoms with E-state index in [1.54, 1.807) is 6.07 Å². The molecule has 28 heavy (non-hydrogen) atoms. The molecule has 0 bridgehead atoms. The maximum atomic E-state index is 12.5. The molecule has 0 saturated carbocycles. The Labute approximate surface area is 161 Å². The molecule has 1 aromatic heterocycles. The van der Waals surface area contributed by atoms with E-state index in [2.05, 4.69) is 15.6 Å². The summed E-state index contributed by atoms with van der Waals surface area (Å²) in [7, 11) is -3.32. The summed E-state index contributed by atoms with van der Waals surface area (Å²) in [6.45, 7) is 5.32. The number of carbonyl (C=O) groups is 2. The molecule has 9 heteroatoms. The summed E-state index contributed by atoms with van der Waals surface area (Å²) in [5, 5.41) is 6.92. The van der Waals surface area contributed by atoms with Gasteiger partial charge < -0.3 is 15.6 Å². The maximum absolute atomic E-state index is 12.5. The van der Waals surface area contributed by atoms with Crippen molar-refractivity contribution in [2.24, 2.45) is 0 Å². The second kappa shape index (κ2) is 7.23. The van der Waals surface area contributed by atoms with Gasteiger partial charge in [0.1, 0.15) is 5.56 Å². The van der Waals surface area contributed by atoms with Crippen molar-refractivity contribution in [2.45, 2.75) is 32.7 Å². The molecular formula is C19H21N3O5S. The standard InChI is InChI=1S/C19H21N3O5S/c1-10(2)14-5-4-12-8-15(18(24)21-13-6-7-28(26,27)9-13)19(25)22-16(12)17(14)20-11(3)23/h4-8,10,13H,9H2,1-3H3,(H,20,23)(H,21,24)(H,22,25)/t13-/m1/s1. The Balaban J connectivity index is 2.02. The minimum Gasteiger partial charge on any atom is -0.345 e. The SMILES string of the molecule is CC(=O)Nc1c(C(C)C)ccc2cc(C(=O)N[C@@H]3C=CS(=O)(=O)C3)c(=O)[nH]c12. The molecule has 1 aromatic carbocycles. The van der Waals surface area contributed by atoms with Gasteiger partial charge in [-0.25, -0.2) is 8.42 Å². The van der Waals surface area contributed by atoms with E-state index < -0.39 is 27.3 Å². The third kappa shape index (κ3) is 3.99. The summed E-state index contributed by atoms with van der Waals surface area (Å²) in [4.78, 5) is 39.3. The zero-order valence-corrected chi connectivity index (χ0v) is 16.5. The van der Waals surface area contributed by atoms with Gasteiger partial charge in [-0.2, -0.15) is 0 Å². The van der Waals surface area contributed by atoms with Gasteiger partial charge in [0.05, 0.1) is 23.0 Å². The van der Waals surface area contributed by atoms with E-state index in [-0.39, 0.29) is 23.1 Å². The molecule has 0 spiro atoms. The summed E-state index contributed by atoms with van der Waals surface area (Å²) in [5.41, 5.74) is 1.05. The van der Waals surface area contributed by atoms with E-state index in [1.807, 2.05) is 19.9 Å². The normalized spacial score (nSPS) is 17.8. The highest BCUT2D eigenvalue weighted by Gasteiger charge is 2.25. The number of nitrogens with one attached hydrogen (secondary N) is 3. The van der Waals surface area contributed by atoms with Crippen LogP contribution < -0.4 is 16.2 Å². The zero-order valence-electron chi connectivity index (χ0n) is 15.7. The molecular weight excluding hydrogens is 382 g/mol. The Morgan fingerprint density at radius 1 is 1.25 bits per heavy atom. The maximum Gasteiger partial charge on any atom is 0.261 e. The predicted molar refractivity (Wildman–Crippen MR) is 107 cm³/mol. The van der Waals surface area contributed by atoms with Crippen molar-refractivity contribution in [1.82, 2.24) is 10.3 Å². The van der Waals surface area contributed by atoms with Gasteiger partial charge >= 0.3 is 0 Å². The van der Waals surface area contributed by atoms with Crippen LogP contribution in [0.5, 0.6) is 0 Å². The van der Waals surface area contributed by atoms with Gasteiger partial charge in [0.15, 0.2) is 9.84 Å². The van der Waals surface area contributed by atoms with Crippen LogP contribution in [0.25, 0.3) is 10.9 Å². The molecule has 1 aliphatic rings. The first-order valence-corrected chi connectivity index (χ1v) is 10.5. The van der Waals surface area contributed by atoms with Gasteiger partial charge in [-0.1, -0.05) is 26.0 Å². The highest BCUT2D eigenvalue weighted by atomic mass is 32.2.